The molecule has 0 fully saturated rings. The van der Waals surface area contributed by atoms with Gasteiger partial charge in [0.2, 0.25) is 5.28 Å². The molecule has 2 aromatic heterocycles. The van der Waals surface area contributed by atoms with Crippen molar-refractivity contribution in [3.8, 4) is 0 Å². The summed E-state index contributed by atoms with van der Waals surface area (Å²) in [4.78, 5) is 8.59. The molecule has 0 saturated heterocycles. The van der Waals surface area contributed by atoms with E-state index in [0.717, 1.165) is 23.1 Å². The molecule has 17 heavy (non-hydrogen) atoms. The standard InChI is InChI=1S/C12H17ClN4/c1-7(2)5-10-9-6-14-17(8(3)4)11(9)16-12(13)15-10/h6-8H,5H2,1-4H3. The molecule has 92 valence electrons. The molecule has 0 atom stereocenters. The highest BCUT2D eigenvalue weighted by atomic mass is 35.5. The van der Waals surface area contributed by atoms with Gasteiger partial charge in [0.05, 0.1) is 17.3 Å². The fourth-order valence-electron chi connectivity index (χ4n) is 1.87. The molecule has 0 unspecified atom stereocenters. The number of hydrogen-bond donors (Lipinski definition) is 0. The topological polar surface area (TPSA) is 43.6 Å². The van der Waals surface area contributed by atoms with Gasteiger partial charge in [-0.2, -0.15) is 10.1 Å². The molecule has 0 bridgehead atoms. The third-order valence-electron chi connectivity index (χ3n) is 2.60. The van der Waals surface area contributed by atoms with E-state index in [1.807, 2.05) is 10.9 Å². The predicted molar refractivity (Wildman–Crippen MR) is 69.3 cm³/mol. The summed E-state index contributed by atoms with van der Waals surface area (Å²) in [5.41, 5.74) is 1.82. The Bertz CT molecular complexity index is 531. The highest BCUT2D eigenvalue weighted by molar-refractivity contribution is 6.28. The number of fused-ring (bicyclic) bond motifs is 1. The van der Waals surface area contributed by atoms with E-state index in [0.29, 0.717) is 11.2 Å². The van der Waals surface area contributed by atoms with Gasteiger partial charge in [0.1, 0.15) is 0 Å². The van der Waals surface area contributed by atoms with Crippen LogP contribution in [0.15, 0.2) is 6.20 Å². The SMILES string of the molecule is CC(C)Cc1nc(Cl)nc2c1cnn2C(C)C. The molecule has 0 aliphatic heterocycles. The zero-order valence-corrected chi connectivity index (χ0v) is 11.4. The number of hydrogen-bond acceptors (Lipinski definition) is 3. The molecule has 5 heteroatoms. The van der Waals surface area contributed by atoms with E-state index >= 15 is 0 Å². The first-order valence-electron chi connectivity index (χ1n) is 5.88. The fraction of sp³-hybridized carbons (Fsp3) is 0.583. The van der Waals surface area contributed by atoms with Crippen LogP contribution in [0.4, 0.5) is 0 Å². The average molecular weight is 253 g/mol. The molecular formula is C12H17ClN4. The summed E-state index contributed by atoms with van der Waals surface area (Å²) in [5, 5.41) is 5.67. The minimum atomic E-state index is 0.269. The molecule has 0 amide bonds. The lowest BCUT2D eigenvalue weighted by atomic mass is 10.1. The van der Waals surface area contributed by atoms with E-state index in [1.165, 1.54) is 0 Å². The summed E-state index contributed by atoms with van der Waals surface area (Å²) in [6, 6.07) is 0.269. The van der Waals surface area contributed by atoms with Gasteiger partial charge in [-0.25, -0.2) is 9.67 Å². The summed E-state index contributed by atoms with van der Waals surface area (Å²) in [6.07, 6.45) is 2.73. The molecule has 2 heterocycles. The Balaban J connectivity index is 2.61. The van der Waals surface area contributed by atoms with Gasteiger partial charge in [-0.05, 0) is 37.8 Å². The Labute approximate surface area is 106 Å². The number of halogens is 1. The summed E-state index contributed by atoms with van der Waals surface area (Å²) < 4.78 is 1.88. The summed E-state index contributed by atoms with van der Waals surface area (Å²) >= 11 is 5.98. The van der Waals surface area contributed by atoms with Crippen LogP contribution in [0.1, 0.15) is 39.4 Å². The fourth-order valence-corrected chi connectivity index (χ4v) is 2.06. The minimum absolute atomic E-state index is 0.269. The Morgan fingerprint density at radius 3 is 2.53 bits per heavy atom. The van der Waals surface area contributed by atoms with Gasteiger partial charge in [-0.1, -0.05) is 13.8 Å². The Morgan fingerprint density at radius 2 is 1.94 bits per heavy atom. The van der Waals surface area contributed by atoms with Crippen molar-refractivity contribution < 1.29 is 0 Å². The largest absolute Gasteiger partial charge is 0.245 e. The lowest BCUT2D eigenvalue weighted by Gasteiger charge is -2.08. The molecule has 2 aromatic rings. The van der Waals surface area contributed by atoms with Crippen LogP contribution in [0.2, 0.25) is 5.28 Å². The van der Waals surface area contributed by atoms with Crippen molar-refractivity contribution in [1.29, 1.82) is 0 Å². The van der Waals surface area contributed by atoms with Crippen molar-refractivity contribution in [3.05, 3.63) is 17.2 Å². The smallest absolute Gasteiger partial charge is 0.224 e. The second kappa shape index (κ2) is 4.61. The zero-order valence-electron chi connectivity index (χ0n) is 10.6. The Morgan fingerprint density at radius 1 is 1.24 bits per heavy atom. The number of rotatable bonds is 3. The van der Waals surface area contributed by atoms with Crippen molar-refractivity contribution in [3.63, 3.8) is 0 Å². The summed E-state index contributed by atoms with van der Waals surface area (Å²) in [5.74, 6) is 0.534. The van der Waals surface area contributed by atoms with Crippen LogP contribution in [0.5, 0.6) is 0 Å². The molecule has 0 aliphatic rings. The highest BCUT2D eigenvalue weighted by Crippen LogP contribution is 2.22. The lowest BCUT2D eigenvalue weighted by Crippen LogP contribution is -2.05. The monoisotopic (exact) mass is 252 g/mol. The van der Waals surface area contributed by atoms with Gasteiger partial charge in [-0.15, -0.1) is 0 Å². The van der Waals surface area contributed by atoms with Gasteiger partial charge < -0.3 is 0 Å². The van der Waals surface area contributed by atoms with E-state index in [-0.39, 0.29) is 6.04 Å². The maximum Gasteiger partial charge on any atom is 0.224 e. The van der Waals surface area contributed by atoms with Crippen molar-refractivity contribution in [1.82, 2.24) is 19.7 Å². The molecule has 0 spiro atoms. The van der Waals surface area contributed by atoms with Gasteiger partial charge in [0.15, 0.2) is 5.65 Å². The van der Waals surface area contributed by atoms with Crippen molar-refractivity contribution in [2.75, 3.05) is 0 Å². The predicted octanol–water partition coefficient (Wildman–Crippen LogP) is 3.26. The normalized spacial score (nSPS) is 11.9. The second-order valence-electron chi connectivity index (χ2n) is 4.96. The first kappa shape index (κ1) is 12.3. The Kier molecular flexibility index (Phi) is 3.33. The van der Waals surface area contributed by atoms with Gasteiger partial charge in [0, 0.05) is 6.04 Å². The first-order valence-corrected chi connectivity index (χ1v) is 6.26. The third kappa shape index (κ3) is 2.41. The van der Waals surface area contributed by atoms with E-state index in [1.54, 1.807) is 0 Å². The van der Waals surface area contributed by atoms with Gasteiger partial charge in [-0.3, -0.25) is 0 Å². The van der Waals surface area contributed by atoms with Gasteiger partial charge in [0.25, 0.3) is 0 Å². The molecule has 2 rings (SSSR count). The molecule has 4 nitrogen and oxygen atoms in total. The summed E-state index contributed by atoms with van der Waals surface area (Å²) in [6.45, 7) is 8.47. The molecule has 0 radical (unpaired) electrons. The first-order chi connectivity index (χ1) is 7.99. The Hall–Kier alpha value is -1.16. The number of nitrogens with zero attached hydrogens (tertiary/aromatic N) is 4. The quantitative estimate of drug-likeness (QED) is 0.788. The van der Waals surface area contributed by atoms with Crippen molar-refractivity contribution >= 4 is 22.6 Å². The van der Waals surface area contributed by atoms with Crippen LogP contribution in [0.3, 0.4) is 0 Å². The van der Waals surface area contributed by atoms with Crippen LogP contribution in [0, 0.1) is 5.92 Å². The summed E-state index contributed by atoms with van der Waals surface area (Å²) in [7, 11) is 0. The molecule has 0 aliphatic carbocycles. The van der Waals surface area contributed by atoms with Gasteiger partial charge >= 0.3 is 0 Å². The average Bonchev–Trinajstić information content (AvgIpc) is 2.59. The molecule has 0 aromatic carbocycles. The second-order valence-corrected chi connectivity index (χ2v) is 5.30. The zero-order chi connectivity index (χ0) is 12.6. The molecule has 0 N–H and O–H groups in total. The van der Waals surface area contributed by atoms with Crippen molar-refractivity contribution in [2.45, 2.75) is 40.2 Å². The van der Waals surface area contributed by atoms with Crippen LogP contribution < -0.4 is 0 Å². The van der Waals surface area contributed by atoms with E-state index in [9.17, 15) is 0 Å². The molecule has 0 saturated carbocycles. The van der Waals surface area contributed by atoms with Crippen LogP contribution in [-0.2, 0) is 6.42 Å². The maximum atomic E-state index is 5.98. The van der Waals surface area contributed by atoms with Crippen LogP contribution in [0.25, 0.3) is 11.0 Å². The third-order valence-corrected chi connectivity index (χ3v) is 2.77. The van der Waals surface area contributed by atoms with Crippen molar-refractivity contribution in [2.24, 2.45) is 5.92 Å². The maximum absolute atomic E-state index is 5.98. The molecular weight excluding hydrogens is 236 g/mol. The highest BCUT2D eigenvalue weighted by Gasteiger charge is 2.14. The lowest BCUT2D eigenvalue weighted by molar-refractivity contribution is 0.546. The van der Waals surface area contributed by atoms with E-state index < -0.39 is 0 Å². The van der Waals surface area contributed by atoms with E-state index in [2.05, 4.69) is 42.8 Å². The van der Waals surface area contributed by atoms with E-state index in [4.69, 9.17) is 11.6 Å². The minimum Gasteiger partial charge on any atom is -0.245 e. The van der Waals surface area contributed by atoms with Crippen LogP contribution >= 0.6 is 11.6 Å². The van der Waals surface area contributed by atoms with Crippen LogP contribution in [-0.4, -0.2) is 19.7 Å². The number of aromatic nitrogens is 4.